The standard InChI is InChI=1S/C18H23BrN8O2/c1-6-26-16(18(29)22-14-7-20-25(5)11(14)3)15(8-21-26)23-17(28)12(4)27-9-13(19)10(2)24-27/h7-9,12H,6H2,1-5H3,(H,22,29)(H,23,28)/t12-/m1/s1. The molecule has 11 heteroatoms. The van der Waals surface area contributed by atoms with Gasteiger partial charge in [-0.3, -0.25) is 23.6 Å². The second-order valence-electron chi connectivity index (χ2n) is 6.65. The number of hydrogen-bond donors (Lipinski definition) is 2. The molecule has 3 rings (SSSR count). The van der Waals surface area contributed by atoms with Crippen LogP contribution in [0, 0.1) is 13.8 Å². The molecular formula is C18H23BrN8O2. The average Bonchev–Trinajstić information content (AvgIpc) is 3.34. The van der Waals surface area contributed by atoms with Crippen molar-refractivity contribution in [2.75, 3.05) is 10.6 Å². The fourth-order valence-corrected chi connectivity index (χ4v) is 3.06. The zero-order valence-corrected chi connectivity index (χ0v) is 18.5. The fraction of sp³-hybridized carbons (Fsp3) is 0.389. The summed E-state index contributed by atoms with van der Waals surface area (Å²) in [4.78, 5) is 25.7. The second-order valence-corrected chi connectivity index (χ2v) is 7.51. The van der Waals surface area contributed by atoms with Crippen molar-refractivity contribution in [3.63, 3.8) is 0 Å². The summed E-state index contributed by atoms with van der Waals surface area (Å²) in [6.45, 7) is 7.79. The molecule has 0 aliphatic rings. The third-order valence-electron chi connectivity index (χ3n) is 4.73. The maximum atomic E-state index is 12.9. The van der Waals surface area contributed by atoms with Crippen LogP contribution in [0.3, 0.4) is 0 Å². The Balaban J connectivity index is 1.83. The Morgan fingerprint density at radius 2 is 1.86 bits per heavy atom. The van der Waals surface area contributed by atoms with Crippen LogP contribution in [0.4, 0.5) is 11.4 Å². The van der Waals surface area contributed by atoms with Crippen LogP contribution in [0.2, 0.25) is 0 Å². The molecule has 0 aliphatic heterocycles. The van der Waals surface area contributed by atoms with Gasteiger partial charge in [-0.15, -0.1) is 0 Å². The van der Waals surface area contributed by atoms with Crippen LogP contribution >= 0.6 is 15.9 Å². The summed E-state index contributed by atoms with van der Waals surface area (Å²) in [6.07, 6.45) is 4.80. The lowest BCUT2D eigenvalue weighted by molar-refractivity contribution is -0.119. The summed E-state index contributed by atoms with van der Waals surface area (Å²) in [7, 11) is 1.80. The highest BCUT2D eigenvalue weighted by molar-refractivity contribution is 9.10. The number of carbonyl (C=O) groups excluding carboxylic acids is 2. The first-order chi connectivity index (χ1) is 13.7. The molecule has 1 atom stereocenters. The Morgan fingerprint density at radius 1 is 1.17 bits per heavy atom. The monoisotopic (exact) mass is 462 g/mol. The van der Waals surface area contributed by atoms with E-state index in [0.717, 1.165) is 15.9 Å². The molecule has 0 aliphatic carbocycles. The molecule has 2 N–H and O–H groups in total. The number of nitrogens with zero attached hydrogens (tertiary/aromatic N) is 6. The predicted octanol–water partition coefficient (Wildman–Crippen LogP) is 2.66. The minimum atomic E-state index is -0.568. The molecule has 0 saturated carbocycles. The molecule has 0 saturated heterocycles. The molecule has 0 unspecified atom stereocenters. The van der Waals surface area contributed by atoms with E-state index in [2.05, 4.69) is 41.9 Å². The smallest absolute Gasteiger partial charge is 0.276 e. The van der Waals surface area contributed by atoms with Gasteiger partial charge in [-0.2, -0.15) is 15.3 Å². The first kappa shape index (κ1) is 20.8. The van der Waals surface area contributed by atoms with E-state index in [1.165, 1.54) is 10.9 Å². The summed E-state index contributed by atoms with van der Waals surface area (Å²) in [5.41, 5.74) is 2.82. The van der Waals surface area contributed by atoms with Gasteiger partial charge in [0.05, 0.1) is 39.6 Å². The number of aryl methyl sites for hydroxylation is 3. The summed E-state index contributed by atoms with van der Waals surface area (Å²) in [5, 5.41) is 18.3. The molecule has 10 nitrogen and oxygen atoms in total. The van der Waals surface area contributed by atoms with Crippen molar-refractivity contribution in [2.45, 2.75) is 40.3 Å². The highest BCUT2D eigenvalue weighted by Crippen LogP contribution is 2.22. The van der Waals surface area contributed by atoms with Crippen molar-refractivity contribution in [3.05, 3.63) is 40.1 Å². The normalized spacial score (nSPS) is 12.1. The molecule has 154 valence electrons. The van der Waals surface area contributed by atoms with Gasteiger partial charge in [0.15, 0.2) is 0 Å². The van der Waals surface area contributed by atoms with Gasteiger partial charge >= 0.3 is 0 Å². The van der Waals surface area contributed by atoms with Crippen molar-refractivity contribution in [2.24, 2.45) is 7.05 Å². The quantitative estimate of drug-likeness (QED) is 0.584. The second kappa shape index (κ2) is 8.19. The molecule has 29 heavy (non-hydrogen) atoms. The molecule has 0 radical (unpaired) electrons. The number of aromatic nitrogens is 6. The van der Waals surface area contributed by atoms with Gasteiger partial charge in [0, 0.05) is 19.8 Å². The number of nitrogens with one attached hydrogen (secondary N) is 2. The summed E-state index contributed by atoms with van der Waals surface area (Å²) < 4.78 is 5.59. The molecule has 0 fully saturated rings. The zero-order chi connectivity index (χ0) is 21.3. The van der Waals surface area contributed by atoms with E-state index >= 15 is 0 Å². The van der Waals surface area contributed by atoms with E-state index in [0.29, 0.717) is 17.9 Å². The Labute approximate surface area is 176 Å². The van der Waals surface area contributed by atoms with Crippen molar-refractivity contribution < 1.29 is 9.59 Å². The maximum Gasteiger partial charge on any atom is 0.276 e. The van der Waals surface area contributed by atoms with Crippen LogP contribution in [0.1, 0.15) is 41.8 Å². The van der Waals surface area contributed by atoms with Gasteiger partial charge in [-0.1, -0.05) is 0 Å². The van der Waals surface area contributed by atoms with Crippen molar-refractivity contribution in [1.82, 2.24) is 29.3 Å². The molecule has 2 amide bonds. The first-order valence-electron chi connectivity index (χ1n) is 9.10. The largest absolute Gasteiger partial charge is 0.321 e. The minimum absolute atomic E-state index is 0.272. The molecular weight excluding hydrogens is 440 g/mol. The third kappa shape index (κ3) is 4.09. The maximum absolute atomic E-state index is 12.9. The molecule has 3 heterocycles. The lowest BCUT2D eigenvalue weighted by Gasteiger charge is -2.13. The number of hydrogen-bond acceptors (Lipinski definition) is 5. The number of amides is 2. The Morgan fingerprint density at radius 3 is 2.41 bits per heavy atom. The Kier molecular flexibility index (Phi) is 5.87. The first-order valence-corrected chi connectivity index (χ1v) is 9.90. The van der Waals surface area contributed by atoms with Crippen LogP contribution in [0.15, 0.2) is 23.1 Å². The fourth-order valence-electron chi connectivity index (χ4n) is 2.77. The molecule has 0 bridgehead atoms. The lowest BCUT2D eigenvalue weighted by atomic mass is 10.2. The average molecular weight is 463 g/mol. The highest BCUT2D eigenvalue weighted by Gasteiger charge is 2.24. The van der Waals surface area contributed by atoms with E-state index in [1.54, 1.807) is 35.7 Å². The van der Waals surface area contributed by atoms with E-state index in [-0.39, 0.29) is 17.5 Å². The van der Waals surface area contributed by atoms with Crippen LogP contribution in [-0.4, -0.2) is 41.2 Å². The molecule has 3 aromatic heterocycles. The van der Waals surface area contributed by atoms with Crippen LogP contribution in [-0.2, 0) is 18.4 Å². The van der Waals surface area contributed by atoms with Gasteiger partial charge in [-0.05, 0) is 43.6 Å². The van der Waals surface area contributed by atoms with Crippen LogP contribution in [0.5, 0.6) is 0 Å². The van der Waals surface area contributed by atoms with Gasteiger partial charge in [0.1, 0.15) is 11.7 Å². The van der Waals surface area contributed by atoms with E-state index in [1.807, 2.05) is 20.8 Å². The molecule has 3 aromatic rings. The highest BCUT2D eigenvalue weighted by atomic mass is 79.9. The predicted molar refractivity (Wildman–Crippen MR) is 112 cm³/mol. The van der Waals surface area contributed by atoms with Gasteiger partial charge < -0.3 is 10.6 Å². The van der Waals surface area contributed by atoms with Gasteiger partial charge in [0.25, 0.3) is 5.91 Å². The molecule has 0 spiro atoms. The third-order valence-corrected chi connectivity index (χ3v) is 5.51. The van der Waals surface area contributed by atoms with Crippen molar-refractivity contribution in [1.29, 1.82) is 0 Å². The Hall–Kier alpha value is -2.95. The minimum Gasteiger partial charge on any atom is -0.321 e. The lowest BCUT2D eigenvalue weighted by Crippen LogP contribution is -2.26. The van der Waals surface area contributed by atoms with E-state index in [9.17, 15) is 9.59 Å². The van der Waals surface area contributed by atoms with Gasteiger partial charge in [-0.25, -0.2) is 0 Å². The summed E-state index contributed by atoms with van der Waals surface area (Å²) >= 11 is 3.39. The van der Waals surface area contributed by atoms with Crippen LogP contribution in [0.25, 0.3) is 0 Å². The van der Waals surface area contributed by atoms with E-state index < -0.39 is 6.04 Å². The van der Waals surface area contributed by atoms with Gasteiger partial charge in [0.2, 0.25) is 5.91 Å². The number of halogens is 1. The topological polar surface area (TPSA) is 112 Å². The number of anilines is 2. The number of rotatable bonds is 6. The van der Waals surface area contributed by atoms with Crippen molar-refractivity contribution >= 4 is 39.1 Å². The van der Waals surface area contributed by atoms with E-state index in [4.69, 9.17) is 0 Å². The SMILES string of the molecule is CCn1ncc(NC(=O)[C@@H](C)n2cc(Br)c(C)n2)c1C(=O)Nc1cnn(C)c1C. The summed E-state index contributed by atoms with van der Waals surface area (Å²) in [6, 6.07) is -0.568. The zero-order valence-electron chi connectivity index (χ0n) is 16.9. The number of carbonyl (C=O) groups is 2. The van der Waals surface area contributed by atoms with Crippen molar-refractivity contribution in [3.8, 4) is 0 Å². The summed E-state index contributed by atoms with van der Waals surface area (Å²) in [5.74, 6) is -0.677. The Bertz CT molecular complexity index is 1040. The van der Waals surface area contributed by atoms with Crippen LogP contribution < -0.4 is 10.6 Å². The molecule has 0 aromatic carbocycles.